The highest BCUT2D eigenvalue weighted by Gasteiger charge is 2.88. The summed E-state index contributed by atoms with van der Waals surface area (Å²) >= 11 is 0. The SMILES string of the molecule is C1=CC23OC24C(=CC=C3c2ccccc21)C1OC1C1OC14. The molecule has 7 rings (SSSR count). The maximum Gasteiger partial charge on any atom is 0.159 e. The van der Waals surface area contributed by atoms with Gasteiger partial charge in [0, 0.05) is 0 Å². The molecule has 3 aliphatic heterocycles. The molecule has 6 unspecified atom stereocenters. The van der Waals surface area contributed by atoms with E-state index in [4.69, 9.17) is 14.2 Å². The maximum atomic E-state index is 6.44. The smallest absolute Gasteiger partial charge is 0.159 e. The second-order valence-electron chi connectivity index (χ2n) is 6.74. The normalized spacial score (nSPS) is 52.0. The van der Waals surface area contributed by atoms with Crippen LogP contribution in [-0.4, -0.2) is 35.6 Å². The first-order chi connectivity index (χ1) is 10.4. The molecular weight excluding hydrogens is 264 g/mol. The summed E-state index contributed by atoms with van der Waals surface area (Å²) in [5, 5.41) is 0. The molecule has 0 aromatic heterocycles. The summed E-state index contributed by atoms with van der Waals surface area (Å²) in [6, 6.07) is 8.52. The lowest BCUT2D eigenvalue weighted by molar-refractivity contribution is 0.240. The second kappa shape index (κ2) is 2.68. The first-order valence-corrected chi connectivity index (χ1v) is 7.58. The van der Waals surface area contributed by atoms with Gasteiger partial charge in [-0.25, -0.2) is 0 Å². The van der Waals surface area contributed by atoms with Crippen molar-refractivity contribution in [2.75, 3.05) is 0 Å². The Bertz CT molecular complexity index is 835. The molecule has 0 bridgehead atoms. The number of fused-ring (bicyclic) bond motifs is 6. The molecule has 1 saturated carbocycles. The summed E-state index contributed by atoms with van der Waals surface area (Å²) in [5.74, 6) is 0. The summed E-state index contributed by atoms with van der Waals surface area (Å²) in [5.41, 5.74) is 4.51. The molecule has 4 fully saturated rings. The Balaban J connectivity index is 1.52. The molecule has 3 heteroatoms. The van der Waals surface area contributed by atoms with Crippen molar-refractivity contribution in [1.29, 1.82) is 0 Å². The third kappa shape index (κ3) is 0.860. The van der Waals surface area contributed by atoms with E-state index in [2.05, 4.69) is 48.6 Å². The zero-order valence-corrected chi connectivity index (χ0v) is 11.2. The Kier molecular flexibility index (Phi) is 1.29. The van der Waals surface area contributed by atoms with Gasteiger partial charge in [0.05, 0.1) is 0 Å². The highest BCUT2D eigenvalue weighted by atomic mass is 16.7. The van der Waals surface area contributed by atoms with Crippen molar-refractivity contribution in [2.45, 2.75) is 35.6 Å². The van der Waals surface area contributed by atoms with Crippen molar-refractivity contribution in [1.82, 2.24) is 0 Å². The molecule has 2 spiro atoms. The number of hydrogen-bond donors (Lipinski definition) is 0. The molecule has 6 aliphatic rings. The van der Waals surface area contributed by atoms with Crippen LogP contribution >= 0.6 is 0 Å². The highest BCUT2D eigenvalue weighted by Crippen LogP contribution is 2.74. The molecule has 3 heterocycles. The highest BCUT2D eigenvalue weighted by molar-refractivity contribution is 5.92. The van der Waals surface area contributed by atoms with Crippen LogP contribution in [0.2, 0.25) is 0 Å². The van der Waals surface area contributed by atoms with Crippen molar-refractivity contribution in [3.63, 3.8) is 0 Å². The van der Waals surface area contributed by atoms with Crippen LogP contribution in [0.4, 0.5) is 0 Å². The van der Waals surface area contributed by atoms with Gasteiger partial charge in [-0.05, 0) is 28.3 Å². The molecule has 1 aromatic carbocycles. The van der Waals surface area contributed by atoms with Crippen molar-refractivity contribution in [2.24, 2.45) is 0 Å². The number of ether oxygens (including phenoxy) is 3. The zero-order valence-electron chi connectivity index (χ0n) is 11.2. The Labute approximate surface area is 121 Å². The summed E-state index contributed by atoms with van der Waals surface area (Å²) in [4.78, 5) is 0. The van der Waals surface area contributed by atoms with E-state index >= 15 is 0 Å². The molecule has 0 amide bonds. The Morgan fingerprint density at radius 3 is 2.95 bits per heavy atom. The lowest BCUT2D eigenvalue weighted by Gasteiger charge is -2.29. The molecule has 3 nitrogen and oxygen atoms in total. The molecule has 3 saturated heterocycles. The van der Waals surface area contributed by atoms with Gasteiger partial charge in [0.15, 0.2) is 5.60 Å². The van der Waals surface area contributed by atoms with Gasteiger partial charge in [0.2, 0.25) is 0 Å². The van der Waals surface area contributed by atoms with Crippen LogP contribution in [0.15, 0.2) is 48.1 Å². The molecular formula is C18H12O3. The quantitative estimate of drug-likeness (QED) is 0.681. The average molecular weight is 276 g/mol. The lowest BCUT2D eigenvalue weighted by atomic mass is 9.67. The fourth-order valence-electron chi connectivity index (χ4n) is 4.87. The maximum absolute atomic E-state index is 6.44. The van der Waals surface area contributed by atoms with Gasteiger partial charge >= 0.3 is 0 Å². The first-order valence-electron chi connectivity index (χ1n) is 7.58. The summed E-state index contributed by atoms with van der Waals surface area (Å²) < 4.78 is 18.2. The Morgan fingerprint density at radius 2 is 1.95 bits per heavy atom. The topological polar surface area (TPSA) is 37.6 Å². The Morgan fingerprint density at radius 1 is 1.00 bits per heavy atom. The summed E-state index contributed by atoms with van der Waals surface area (Å²) in [7, 11) is 0. The average Bonchev–Trinajstić information content (AvgIpc) is 3.38. The van der Waals surface area contributed by atoms with Crippen molar-refractivity contribution >= 4 is 11.6 Å². The first kappa shape index (κ1) is 10.1. The minimum Gasteiger partial charge on any atom is -0.363 e. The molecule has 0 N–H and O–H groups in total. The van der Waals surface area contributed by atoms with Gasteiger partial charge < -0.3 is 14.2 Å². The minimum absolute atomic E-state index is 0.172. The Hall–Kier alpha value is -1.68. The van der Waals surface area contributed by atoms with E-state index in [1.54, 1.807) is 0 Å². The van der Waals surface area contributed by atoms with Gasteiger partial charge in [-0.15, -0.1) is 0 Å². The molecule has 6 atom stereocenters. The number of benzene rings is 1. The van der Waals surface area contributed by atoms with Gasteiger partial charge in [-0.3, -0.25) is 0 Å². The second-order valence-corrected chi connectivity index (χ2v) is 6.74. The van der Waals surface area contributed by atoms with E-state index < -0.39 is 0 Å². The van der Waals surface area contributed by atoms with Crippen LogP contribution in [0, 0.1) is 0 Å². The van der Waals surface area contributed by atoms with E-state index in [0.29, 0.717) is 0 Å². The van der Waals surface area contributed by atoms with Crippen LogP contribution in [-0.2, 0) is 14.2 Å². The van der Waals surface area contributed by atoms with E-state index in [1.807, 2.05) is 0 Å². The van der Waals surface area contributed by atoms with E-state index in [9.17, 15) is 0 Å². The number of allylic oxidation sites excluding steroid dienone is 2. The van der Waals surface area contributed by atoms with Crippen LogP contribution in [0.25, 0.3) is 11.6 Å². The predicted octanol–water partition coefficient (Wildman–Crippen LogP) is 2.09. The summed E-state index contributed by atoms with van der Waals surface area (Å²) in [6.45, 7) is 0. The van der Waals surface area contributed by atoms with Gasteiger partial charge in [0.25, 0.3) is 0 Å². The van der Waals surface area contributed by atoms with Crippen LogP contribution in [0.5, 0.6) is 0 Å². The number of rotatable bonds is 0. The van der Waals surface area contributed by atoms with Crippen LogP contribution in [0.3, 0.4) is 0 Å². The molecule has 0 radical (unpaired) electrons. The third-order valence-electron chi connectivity index (χ3n) is 5.92. The molecule has 3 aliphatic carbocycles. The summed E-state index contributed by atoms with van der Waals surface area (Å²) in [6.07, 6.45) is 9.79. The third-order valence-corrected chi connectivity index (χ3v) is 5.92. The van der Waals surface area contributed by atoms with E-state index in [1.165, 1.54) is 22.3 Å². The van der Waals surface area contributed by atoms with E-state index in [-0.39, 0.29) is 35.6 Å². The van der Waals surface area contributed by atoms with Crippen molar-refractivity contribution < 1.29 is 14.2 Å². The molecule has 102 valence electrons. The fourth-order valence-corrected chi connectivity index (χ4v) is 4.87. The van der Waals surface area contributed by atoms with Crippen molar-refractivity contribution in [3.8, 4) is 0 Å². The largest absolute Gasteiger partial charge is 0.363 e. The molecule has 1 aromatic rings. The monoisotopic (exact) mass is 276 g/mol. The minimum atomic E-state index is -0.318. The standard InChI is InChI=1S/C18H12O3/c1-2-4-10-9(3-1)7-8-17-11(10)5-6-12-13-14(19-13)15-16(20-15)18(12,17)21-17/h1-8,13-16H. The van der Waals surface area contributed by atoms with Gasteiger partial charge in [0.1, 0.15) is 30.0 Å². The van der Waals surface area contributed by atoms with Gasteiger partial charge in [-0.1, -0.05) is 42.5 Å². The number of epoxide rings is 3. The fraction of sp³-hybridized carbons (Fsp3) is 0.333. The predicted molar refractivity (Wildman–Crippen MR) is 75.4 cm³/mol. The number of hydrogen-bond acceptors (Lipinski definition) is 3. The molecule has 21 heavy (non-hydrogen) atoms. The van der Waals surface area contributed by atoms with Crippen LogP contribution < -0.4 is 0 Å². The van der Waals surface area contributed by atoms with E-state index in [0.717, 1.165) is 0 Å². The lowest BCUT2D eigenvalue weighted by Crippen LogP contribution is -2.42. The van der Waals surface area contributed by atoms with Gasteiger partial charge in [-0.2, -0.15) is 0 Å². The van der Waals surface area contributed by atoms with Crippen LogP contribution in [0.1, 0.15) is 11.1 Å². The van der Waals surface area contributed by atoms with Crippen molar-refractivity contribution in [3.05, 3.63) is 59.2 Å². The zero-order chi connectivity index (χ0) is 13.4.